The Bertz CT molecular complexity index is 1070. The lowest BCUT2D eigenvalue weighted by atomic mass is 10.0. The van der Waals surface area contributed by atoms with Crippen LogP contribution in [0, 0.1) is 12.3 Å². The lowest BCUT2D eigenvalue weighted by Crippen LogP contribution is -2.50. The van der Waals surface area contributed by atoms with Crippen LogP contribution in [0.2, 0.25) is 0 Å². The molecule has 9 heteroatoms. The van der Waals surface area contributed by atoms with Gasteiger partial charge in [-0.25, -0.2) is 0 Å². The first-order valence-corrected chi connectivity index (χ1v) is 12.5. The second-order valence-electron chi connectivity index (χ2n) is 9.40. The van der Waals surface area contributed by atoms with Crippen LogP contribution in [0.5, 0.6) is 5.75 Å². The molecular weight excluding hydrogens is 472 g/mol. The van der Waals surface area contributed by atoms with Crippen molar-refractivity contribution in [3.63, 3.8) is 0 Å². The van der Waals surface area contributed by atoms with E-state index in [1.54, 1.807) is 11.8 Å². The van der Waals surface area contributed by atoms with E-state index in [1.165, 1.54) is 13.3 Å². The summed E-state index contributed by atoms with van der Waals surface area (Å²) in [6.07, 6.45) is 2.47. The first kappa shape index (κ1) is 27.7. The summed E-state index contributed by atoms with van der Waals surface area (Å²) in [4.78, 5) is 50.3. The van der Waals surface area contributed by atoms with Crippen molar-refractivity contribution in [2.45, 2.75) is 51.8 Å². The number of benzene rings is 2. The number of carbonyl (C=O) groups is 4. The molecule has 3 atom stereocenters. The maximum Gasteiger partial charge on any atom is 0.245 e. The highest BCUT2D eigenvalue weighted by molar-refractivity contribution is 5.92. The second kappa shape index (κ2) is 13.4. The fourth-order valence-corrected chi connectivity index (χ4v) is 4.12. The Balaban J connectivity index is 1.64. The van der Waals surface area contributed by atoms with E-state index in [0.29, 0.717) is 31.9 Å². The SMILES string of the molecule is CC(=O)NC1CCN(C(=O)C(Cc2ccc(OCc3ccccc3)cc2)NC(=O)[CH]CC(C)C(N)=O)C1. The summed E-state index contributed by atoms with van der Waals surface area (Å²) in [5.41, 5.74) is 7.19. The third-order valence-electron chi connectivity index (χ3n) is 6.28. The van der Waals surface area contributed by atoms with Crippen molar-refractivity contribution in [2.75, 3.05) is 13.1 Å². The third kappa shape index (κ3) is 8.93. The second-order valence-corrected chi connectivity index (χ2v) is 9.40. The quantitative estimate of drug-likeness (QED) is 0.403. The molecule has 1 radical (unpaired) electrons. The van der Waals surface area contributed by atoms with E-state index in [1.807, 2.05) is 54.6 Å². The number of hydrogen-bond acceptors (Lipinski definition) is 5. The monoisotopic (exact) mass is 507 g/mol. The van der Waals surface area contributed by atoms with Crippen LogP contribution in [0.4, 0.5) is 0 Å². The van der Waals surface area contributed by atoms with Crippen LogP contribution in [0.1, 0.15) is 37.8 Å². The molecule has 1 fully saturated rings. The standard InChI is InChI=1S/C28H35N4O5/c1-19(27(29)35)8-13-26(34)31-25(28(36)32-15-14-23(17-32)30-20(2)33)16-21-9-11-24(12-10-21)37-18-22-6-4-3-5-7-22/h3-7,9-13,19,23,25H,8,14-18H2,1-2H3,(H2,29,35)(H,30,33)(H,31,34). The van der Waals surface area contributed by atoms with Gasteiger partial charge in [0.05, 0.1) is 6.42 Å². The van der Waals surface area contributed by atoms with Gasteiger partial charge in [-0.05, 0) is 36.1 Å². The van der Waals surface area contributed by atoms with E-state index in [2.05, 4.69) is 10.6 Å². The van der Waals surface area contributed by atoms with Gasteiger partial charge in [-0.1, -0.05) is 49.4 Å². The fraction of sp³-hybridized carbons (Fsp3) is 0.393. The molecule has 3 unspecified atom stereocenters. The molecule has 0 aliphatic carbocycles. The Morgan fingerprint density at radius 2 is 1.78 bits per heavy atom. The third-order valence-corrected chi connectivity index (χ3v) is 6.28. The number of amides is 4. The predicted molar refractivity (Wildman–Crippen MR) is 139 cm³/mol. The summed E-state index contributed by atoms with van der Waals surface area (Å²) in [5.74, 6) is -1.08. The number of nitrogens with zero attached hydrogens (tertiary/aromatic N) is 1. The summed E-state index contributed by atoms with van der Waals surface area (Å²) >= 11 is 0. The van der Waals surface area contributed by atoms with E-state index in [0.717, 1.165) is 11.1 Å². The van der Waals surface area contributed by atoms with E-state index in [9.17, 15) is 19.2 Å². The van der Waals surface area contributed by atoms with Gasteiger partial charge in [0.15, 0.2) is 0 Å². The summed E-state index contributed by atoms with van der Waals surface area (Å²) in [6, 6.07) is 16.3. The zero-order valence-electron chi connectivity index (χ0n) is 21.3. The minimum absolute atomic E-state index is 0.109. The van der Waals surface area contributed by atoms with Crippen LogP contribution in [0.15, 0.2) is 54.6 Å². The molecule has 0 bridgehead atoms. The number of primary amides is 1. The van der Waals surface area contributed by atoms with Crippen LogP contribution in [0.25, 0.3) is 0 Å². The Morgan fingerprint density at radius 1 is 1.08 bits per heavy atom. The van der Waals surface area contributed by atoms with Gasteiger partial charge in [-0.3, -0.25) is 19.2 Å². The van der Waals surface area contributed by atoms with Crippen molar-refractivity contribution in [3.8, 4) is 5.75 Å². The van der Waals surface area contributed by atoms with E-state index < -0.39 is 23.8 Å². The van der Waals surface area contributed by atoms with Gasteiger partial charge in [0, 0.05) is 38.4 Å². The smallest absolute Gasteiger partial charge is 0.245 e. The number of nitrogens with two attached hydrogens (primary N) is 1. The minimum atomic E-state index is -0.806. The predicted octanol–water partition coefficient (Wildman–Crippen LogP) is 1.75. The molecule has 3 rings (SSSR count). The van der Waals surface area contributed by atoms with Gasteiger partial charge in [0.25, 0.3) is 0 Å². The van der Waals surface area contributed by atoms with Crippen LogP contribution >= 0.6 is 0 Å². The molecule has 0 aromatic heterocycles. The van der Waals surface area contributed by atoms with Gasteiger partial charge in [0.2, 0.25) is 23.6 Å². The lowest BCUT2D eigenvalue weighted by Gasteiger charge is -2.25. The van der Waals surface area contributed by atoms with Crippen molar-refractivity contribution in [1.82, 2.24) is 15.5 Å². The highest BCUT2D eigenvalue weighted by Gasteiger charge is 2.32. The van der Waals surface area contributed by atoms with Gasteiger partial charge < -0.3 is 26.0 Å². The van der Waals surface area contributed by atoms with Gasteiger partial charge in [-0.15, -0.1) is 0 Å². The molecule has 4 amide bonds. The average Bonchev–Trinajstić information content (AvgIpc) is 3.34. The number of carbonyl (C=O) groups excluding carboxylic acids is 4. The minimum Gasteiger partial charge on any atom is -0.489 e. The zero-order valence-corrected chi connectivity index (χ0v) is 21.3. The molecule has 2 aromatic carbocycles. The maximum absolute atomic E-state index is 13.4. The molecule has 4 N–H and O–H groups in total. The molecule has 0 spiro atoms. The Kier molecular flexibility index (Phi) is 10.1. The summed E-state index contributed by atoms with van der Waals surface area (Å²) in [5, 5.41) is 5.64. The zero-order chi connectivity index (χ0) is 26.8. The van der Waals surface area contributed by atoms with Crippen molar-refractivity contribution in [1.29, 1.82) is 0 Å². The van der Waals surface area contributed by atoms with Crippen LogP contribution in [-0.4, -0.2) is 53.7 Å². The Morgan fingerprint density at radius 3 is 2.43 bits per heavy atom. The van der Waals surface area contributed by atoms with Crippen LogP contribution in [-0.2, 0) is 32.2 Å². The molecule has 37 heavy (non-hydrogen) atoms. The van der Waals surface area contributed by atoms with E-state index in [4.69, 9.17) is 10.5 Å². The summed E-state index contributed by atoms with van der Waals surface area (Å²) in [7, 11) is 0. The van der Waals surface area contributed by atoms with Crippen molar-refractivity contribution in [2.24, 2.45) is 11.7 Å². The topological polar surface area (TPSA) is 131 Å². The van der Waals surface area contributed by atoms with Gasteiger partial charge >= 0.3 is 0 Å². The van der Waals surface area contributed by atoms with Gasteiger partial charge in [-0.2, -0.15) is 0 Å². The normalized spacial score (nSPS) is 16.5. The highest BCUT2D eigenvalue weighted by atomic mass is 16.5. The van der Waals surface area contributed by atoms with Crippen molar-refractivity contribution < 1.29 is 23.9 Å². The number of ether oxygens (including phenoxy) is 1. The number of rotatable bonds is 12. The molecule has 0 saturated carbocycles. The fourth-order valence-electron chi connectivity index (χ4n) is 4.12. The lowest BCUT2D eigenvalue weighted by molar-refractivity contribution is -0.135. The van der Waals surface area contributed by atoms with Crippen LogP contribution < -0.4 is 21.1 Å². The Labute approximate surface area is 217 Å². The molecular formula is C28H35N4O5. The van der Waals surface area contributed by atoms with Crippen molar-refractivity contribution in [3.05, 3.63) is 72.1 Å². The molecule has 1 aliphatic heterocycles. The molecule has 1 aliphatic rings. The van der Waals surface area contributed by atoms with E-state index >= 15 is 0 Å². The molecule has 1 heterocycles. The first-order valence-electron chi connectivity index (χ1n) is 12.5. The van der Waals surface area contributed by atoms with Crippen molar-refractivity contribution >= 4 is 23.6 Å². The maximum atomic E-state index is 13.4. The largest absolute Gasteiger partial charge is 0.489 e. The average molecular weight is 508 g/mol. The summed E-state index contributed by atoms with van der Waals surface area (Å²) in [6.45, 7) is 4.41. The number of hydrogen-bond donors (Lipinski definition) is 3. The highest BCUT2D eigenvalue weighted by Crippen LogP contribution is 2.18. The van der Waals surface area contributed by atoms with Crippen LogP contribution in [0.3, 0.4) is 0 Å². The molecule has 2 aromatic rings. The number of likely N-dealkylation sites (tertiary alicyclic amines) is 1. The summed E-state index contributed by atoms with van der Waals surface area (Å²) < 4.78 is 5.84. The first-order chi connectivity index (χ1) is 17.7. The van der Waals surface area contributed by atoms with Gasteiger partial charge in [0.1, 0.15) is 18.4 Å². The Hall–Kier alpha value is -3.88. The van der Waals surface area contributed by atoms with E-state index in [-0.39, 0.29) is 30.7 Å². The molecule has 1 saturated heterocycles. The molecule has 197 valence electrons. The molecule has 9 nitrogen and oxygen atoms in total. The number of nitrogens with one attached hydrogen (secondary N) is 2.